The SMILES string of the molecule is NC(=O)C(O)c1cc(F)ccc1F. The smallest absolute Gasteiger partial charge is 0.251 e. The first-order chi connectivity index (χ1) is 6.02. The Hall–Kier alpha value is -1.49. The van der Waals surface area contributed by atoms with Gasteiger partial charge in [0.25, 0.3) is 5.91 Å². The lowest BCUT2D eigenvalue weighted by atomic mass is 10.1. The molecule has 0 spiro atoms. The average Bonchev–Trinajstić information content (AvgIpc) is 2.08. The number of hydrogen-bond acceptors (Lipinski definition) is 2. The molecule has 5 heteroatoms. The molecule has 0 fully saturated rings. The van der Waals surface area contributed by atoms with Crippen molar-refractivity contribution in [3.8, 4) is 0 Å². The molecule has 0 aliphatic carbocycles. The maximum absolute atomic E-state index is 12.8. The molecule has 1 aromatic rings. The van der Waals surface area contributed by atoms with Crippen molar-refractivity contribution in [2.75, 3.05) is 0 Å². The zero-order valence-electron chi connectivity index (χ0n) is 6.50. The van der Waals surface area contributed by atoms with E-state index in [-0.39, 0.29) is 0 Å². The number of aliphatic hydroxyl groups is 1. The van der Waals surface area contributed by atoms with Crippen molar-refractivity contribution in [2.45, 2.75) is 6.10 Å². The Morgan fingerprint density at radius 3 is 2.62 bits per heavy atom. The van der Waals surface area contributed by atoms with E-state index in [1.54, 1.807) is 0 Å². The topological polar surface area (TPSA) is 63.3 Å². The molecule has 1 amide bonds. The van der Waals surface area contributed by atoms with E-state index in [9.17, 15) is 13.6 Å². The molecule has 3 nitrogen and oxygen atoms in total. The molecule has 0 saturated carbocycles. The Morgan fingerprint density at radius 1 is 1.46 bits per heavy atom. The average molecular weight is 187 g/mol. The molecule has 1 atom stereocenters. The van der Waals surface area contributed by atoms with Gasteiger partial charge in [-0.25, -0.2) is 8.78 Å². The maximum atomic E-state index is 12.8. The lowest BCUT2D eigenvalue weighted by Gasteiger charge is -2.07. The highest BCUT2D eigenvalue weighted by atomic mass is 19.1. The van der Waals surface area contributed by atoms with Crippen molar-refractivity contribution in [1.29, 1.82) is 0 Å². The second-order valence-corrected chi connectivity index (χ2v) is 2.47. The van der Waals surface area contributed by atoms with Gasteiger partial charge in [0.05, 0.1) is 0 Å². The molecule has 0 radical (unpaired) electrons. The Labute approximate surface area is 72.8 Å². The van der Waals surface area contributed by atoms with Crippen LogP contribution in [0.1, 0.15) is 11.7 Å². The summed E-state index contributed by atoms with van der Waals surface area (Å²) in [5.74, 6) is -2.73. The van der Waals surface area contributed by atoms with Gasteiger partial charge >= 0.3 is 0 Å². The van der Waals surface area contributed by atoms with Crippen LogP contribution in [0.25, 0.3) is 0 Å². The summed E-state index contributed by atoms with van der Waals surface area (Å²) in [4.78, 5) is 10.4. The van der Waals surface area contributed by atoms with E-state index < -0.39 is 29.2 Å². The molecule has 0 aromatic heterocycles. The van der Waals surface area contributed by atoms with E-state index in [2.05, 4.69) is 0 Å². The van der Waals surface area contributed by atoms with Crippen molar-refractivity contribution >= 4 is 5.91 Å². The normalized spacial score (nSPS) is 12.5. The van der Waals surface area contributed by atoms with Crippen LogP contribution in [0.4, 0.5) is 8.78 Å². The van der Waals surface area contributed by atoms with Gasteiger partial charge in [-0.2, -0.15) is 0 Å². The molecule has 1 rings (SSSR count). The Balaban J connectivity index is 3.12. The summed E-state index contributed by atoms with van der Waals surface area (Å²) in [6.07, 6.45) is -1.81. The third-order valence-corrected chi connectivity index (χ3v) is 1.52. The van der Waals surface area contributed by atoms with E-state index in [1.165, 1.54) is 0 Å². The number of rotatable bonds is 2. The van der Waals surface area contributed by atoms with Gasteiger partial charge in [0.15, 0.2) is 6.10 Å². The Bertz CT molecular complexity index is 341. The number of nitrogens with two attached hydrogens (primary N) is 1. The van der Waals surface area contributed by atoms with Crippen molar-refractivity contribution in [2.24, 2.45) is 5.73 Å². The third kappa shape index (κ3) is 2.00. The van der Waals surface area contributed by atoms with Gasteiger partial charge < -0.3 is 10.8 Å². The van der Waals surface area contributed by atoms with E-state index in [0.29, 0.717) is 0 Å². The molecule has 0 bridgehead atoms. The number of carbonyl (C=O) groups is 1. The van der Waals surface area contributed by atoms with Gasteiger partial charge in [-0.15, -0.1) is 0 Å². The number of amides is 1. The van der Waals surface area contributed by atoms with E-state index >= 15 is 0 Å². The summed E-state index contributed by atoms with van der Waals surface area (Å²) in [5.41, 5.74) is 4.26. The quantitative estimate of drug-likeness (QED) is 0.707. The molecule has 0 saturated heterocycles. The zero-order valence-corrected chi connectivity index (χ0v) is 6.50. The van der Waals surface area contributed by atoms with Crippen molar-refractivity contribution in [3.63, 3.8) is 0 Å². The molecule has 13 heavy (non-hydrogen) atoms. The lowest BCUT2D eigenvalue weighted by molar-refractivity contribution is -0.126. The van der Waals surface area contributed by atoms with Crippen LogP contribution in [-0.4, -0.2) is 11.0 Å². The van der Waals surface area contributed by atoms with Gasteiger partial charge in [-0.05, 0) is 18.2 Å². The van der Waals surface area contributed by atoms with Crippen LogP contribution in [-0.2, 0) is 4.79 Å². The summed E-state index contributed by atoms with van der Waals surface area (Å²) >= 11 is 0. The van der Waals surface area contributed by atoms with Gasteiger partial charge in [-0.3, -0.25) is 4.79 Å². The number of halogens is 2. The van der Waals surface area contributed by atoms with E-state index in [1.807, 2.05) is 0 Å². The largest absolute Gasteiger partial charge is 0.378 e. The van der Waals surface area contributed by atoms with Crippen LogP contribution in [0.2, 0.25) is 0 Å². The van der Waals surface area contributed by atoms with Gasteiger partial charge in [0, 0.05) is 5.56 Å². The zero-order chi connectivity index (χ0) is 10.0. The van der Waals surface area contributed by atoms with Gasteiger partial charge in [0.2, 0.25) is 0 Å². The highest BCUT2D eigenvalue weighted by molar-refractivity contribution is 5.80. The number of hydrogen-bond donors (Lipinski definition) is 2. The predicted molar refractivity (Wildman–Crippen MR) is 40.5 cm³/mol. The number of primary amides is 1. The fraction of sp³-hybridized carbons (Fsp3) is 0.125. The third-order valence-electron chi connectivity index (χ3n) is 1.52. The summed E-state index contributed by atoms with van der Waals surface area (Å²) < 4.78 is 25.4. The molecule has 0 heterocycles. The first-order valence-corrected chi connectivity index (χ1v) is 3.44. The lowest BCUT2D eigenvalue weighted by Crippen LogP contribution is -2.21. The predicted octanol–water partition coefficient (Wildman–Crippen LogP) is 0.484. The molecule has 0 aliphatic heterocycles. The molecular weight excluding hydrogens is 180 g/mol. The van der Waals surface area contributed by atoms with E-state index in [0.717, 1.165) is 18.2 Å². The van der Waals surface area contributed by atoms with E-state index in [4.69, 9.17) is 10.8 Å². The van der Waals surface area contributed by atoms with Crippen molar-refractivity contribution < 1.29 is 18.7 Å². The van der Waals surface area contributed by atoms with Gasteiger partial charge in [0.1, 0.15) is 11.6 Å². The second kappa shape index (κ2) is 3.49. The first kappa shape index (κ1) is 9.60. The number of carbonyl (C=O) groups excluding carboxylic acids is 1. The van der Waals surface area contributed by atoms with Crippen molar-refractivity contribution in [3.05, 3.63) is 35.4 Å². The summed E-state index contributed by atoms with van der Waals surface area (Å²) in [5, 5.41) is 9.02. The highest BCUT2D eigenvalue weighted by Crippen LogP contribution is 2.17. The maximum Gasteiger partial charge on any atom is 0.251 e. The minimum Gasteiger partial charge on any atom is -0.378 e. The molecule has 70 valence electrons. The van der Waals surface area contributed by atoms with Crippen LogP contribution in [0.15, 0.2) is 18.2 Å². The Kier molecular flexibility index (Phi) is 2.57. The molecule has 0 aliphatic rings. The molecule has 3 N–H and O–H groups in total. The highest BCUT2D eigenvalue weighted by Gasteiger charge is 2.18. The summed E-state index contributed by atoms with van der Waals surface area (Å²) in [7, 11) is 0. The van der Waals surface area contributed by atoms with Crippen LogP contribution < -0.4 is 5.73 Å². The second-order valence-electron chi connectivity index (χ2n) is 2.47. The Morgan fingerprint density at radius 2 is 2.08 bits per heavy atom. The molecule has 1 unspecified atom stereocenters. The first-order valence-electron chi connectivity index (χ1n) is 3.44. The fourth-order valence-corrected chi connectivity index (χ4v) is 0.877. The van der Waals surface area contributed by atoms with Gasteiger partial charge in [-0.1, -0.05) is 0 Å². The van der Waals surface area contributed by atoms with Crippen LogP contribution >= 0.6 is 0 Å². The van der Waals surface area contributed by atoms with Crippen molar-refractivity contribution in [1.82, 2.24) is 0 Å². The minimum absolute atomic E-state index is 0.451. The van der Waals surface area contributed by atoms with Crippen LogP contribution in [0, 0.1) is 11.6 Å². The number of aliphatic hydroxyl groups excluding tert-OH is 1. The molecule has 1 aromatic carbocycles. The monoisotopic (exact) mass is 187 g/mol. The summed E-state index contributed by atoms with van der Waals surface area (Å²) in [6, 6.07) is 2.42. The summed E-state index contributed by atoms with van der Waals surface area (Å²) in [6.45, 7) is 0. The van der Waals surface area contributed by atoms with Crippen LogP contribution in [0.3, 0.4) is 0 Å². The fourth-order valence-electron chi connectivity index (χ4n) is 0.877. The minimum atomic E-state index is -1.81. The number of benzene rings is 1. The molecular formula is C8H7F2NO2. The standard InChI is InChI=1S/C8H7F2NO2/c9-4-1-2-6(10)5(3-4)7(12)8(11)13/h1-3,7,12H,(H2,11,13). The van der Waals surface area contributed by atoms with Crippen LogP contribution in [0.5, 0.6) is 0 Å².